The van der Waals surface area contributed by atoms with Gasteiger partial charge in [-0.15, -0.1) is 0 Å². The molecule has 0 spiro atoms. The number of pyridine rings is 1. The zero-order chi connectivity index (χ0) is 27.2. The number of halogens is 2. The topological polar surface area (TPSA) is 98.0 Å². The molecule has 2 N–H and O–H groups in total. The molecule has 10 heteroatoms. The number of alkyl halides is 1. The number of benzene rings is 1. The fourth-order valence-corrected chi connectivity index (χ4v) is 4.76. The van der Waals surface area contributed by atoms with E-state index in [0.29, 0.717) is 61.2 Å². The summed E-state index contributed by atoms with van der Waals surface area (Å²) in [5, 5.41) is 0. The number of likely N-dealkylation sites (tertiary alicyclic amines) is 2. The second-order valence-electron chi connectivity index (χ2n) is 10.3. The largest absolute Gasteiger partial charge is 0.492 e. The molecule has 1 aromatic heterocycles. The van der Waals surface area contributed by atoms with Gasteiger partial charge in [-0.25, -0.2) is 13.6 Å². The Labute approximate surface area is 222 Å². The second kappa shape index (κ2) is 12.5. The first-order valence-electron chi connectivity index (χ1n) is 13.2. The number of hydrogen-bond donors (Lipinski definition) is 1. The molecular formula is C28H36F2N4O4. The van der Waals surface area contributed by atoms with Crippen molar-refractivity contribution in [3.63, 3.8) is 0 Å². The SMILES string of the molecule is CC(C)OC(=O)N1CCC(COc2ccc(-c3ccc(C[C@H](N)C(=O)N4CC[C@H](F)C4)c(F)c3)nc2)CC1. The molecule has 38 heavy (non-hydrogen) atoms. The second-order valence-corrected chi connectivity index (χ2v) is 10.3. The highest BCUT2D eigenvalue weighted by molar-refractivity contribution is 5.82. The third-order valence-corrected chi connectivity index (χ3v) is 6.98. The van der Waals surface area contributed by atoms with Crippen molar-refractivity contribution in [2.75, 3.05) is 32.8 Å². The first kappa shape index (κ1) is 27.8. The third kappa shape index (κ3) is 7.18. The van der Waals surface area contributed by atoms with Crippen LogP contribution in [0.15, 0.2) is 36.5 Å². The van der Waals surface area contributed by atoms with Crippen LogP contribution in [-0.4, -0.2) is 77.9 Å². The number of carbonyl (C=O) groups is 2. The van der Waals surface area contributed by atoms with Crippen LogP contribution in [0.25, 0.3) is 11.3 Å². The molecule has 2 aliphatic heterocycles. The molecule has 2 atom stereocenters. The first-order valence-corrected chi connectivity index (χ1v) is 13.2. The minimum atomic E-state index is -1.02. The highest BCUT2D eigenvalue weighted by Crippen LogP contribution is 2.25. The van der Waals surface area contributed by atoms with E-state index < -0.39 is 18.0 Å². The summed E-state index contributed by atoms with van der Waals surface area (Å²) in [6, 6.07) is 7.37. The van der Waals surface area contributed by atoms with Gasteiger partial charge in [-0.3, -0.25) is 9.78 Å². The Hall–Kier alpha value is -3.27. The van der Waals surface area contributed by atoms with Crippen LogP contribution < -0.4 is 10.5 Å². The first-order chi connectivity index (χ1) is 18.2. The molecule has 0 aliphatic carbocycles. The van der Waals surface area contributed by atoms with E-state index in [-0.39, 0.29) is 31.1 Å². The number of amides is 2. The van der Waals surface area contributed by atoms with Gasteiger partial charge in [0.1, 0.15) is 17.7 Å². The molecule has 2 aromatic rings. The summed E-state index contributed by atoms with van der Waals surface area (Å²) in [6.45, 7) is 5.89. The highest BCUT2D eigenvalue weighted by Gasteiger charge is 2.29. The fraction of sp³-hybridized carbons (Fsp3) is 0.536. The van der Waals surface area contributed by atoms with Gasteiger partial charge in [0, 0.05) is 25.2 Å². The van der Waals surface area contributed by atoms with E-state index in [1.54, 1.807) is 35.4 Å². The lowest BCUT2D eigenvalue weighted by atomic mass is 9.98. The average molecular weight is 531 g/mol. The molecule has 8 nitrogen and oxygen atoms in total. The van der Waals surface area contributed by atoms with E-state index in [2.05, 4.69) is 4.98 Å². The maximum atomic E-state index is 14.8. The van der Waals surface area contributed by atoms with Crippen molar-refractivity contribution in [3.8, 4) is 17.0 Å². The van der Waals surface area contributed by atoms with Crippen molar-refractivity contribution < 1.29 is 27.8 Å². The van der Waals surface area contributed by atoms with E-state index >= 15 is 0 Å². The van der Waals surface area contributed by atoms with Gasteiger partial charge in [-0.2, -0.15) is 0 Å². The number of piperidine rings is 1. The van der Waals surface area contributed by atoms with E-state index in [1.807, 2.05) is 13.8 Å². The maximum absolute atomic E-state index is 14.8. The van der Waals surface area contributed by atoms with Crippen LogP contribution in [0.1, 0.15) is 38.7 Å². The molecule has 0 bridgehead atoms. The summed E-state index contributed by atoms with van der Waals surface area (Å²) in [5.41, 5.74) is 7.51. The lowest BCUT2D eigenvalue weighted by Gasteiger charge is -2.31. The van der Waals surface area contributed by atoms with Crippen molar-refractivity contribution >= 4 is 12.0 Å². The van der Waals surface area contributed by atoms with Gasteiger partial charge < -0.3 is 25.0 Å². The van der Waals surface area contributed by atoms with Gasteiger partial charge >= 0.3 is 6.09 Å². The number of carbonyl (C=O) groups excluding carboxylic acids is 2. The number of hydrogen-bond acceptors (Lipinski definition) is 6. The summed E-state index contributed by atoms with van der Waals surface area (Å²) < 4.78 is 39.4. The smallest absolute Gasteiger partial charge is 0.410 e. The molecule has 2 amide bonds. The van der Waals surface area contributed by atoms with Crippen molar-refractivity contribution in [1.82, 2.24) is 14.8 Å². The van der Waals surface area contributed by atoms with Crippen LogP contribution in [-0.2, 0) is 16.0 Å². The van der Waals surface area contributed by atoms with Crippen LogP contribution in [0.3, 0.4) is 0 Å². The zero-order valence-corrected chi connectivity index (χ0v) is 21.9. The Morgan fingerprint density at radius 2 is 1.84 bits per heavy atom. The normalized spacial score (nSPS) is 19.1. The number of rotatable bonds is 8. The van der Waals surface area contributed by atoms with E-state index in [4.69, 9.17) is 15.2 Å². The Kier molecular flexibility index (Phi) is 9.14. The molecule has 2 saturated heterocycles. The lowest BCUT2D eigenvalue weighted by molar-refractivity contribution is -0.131. The molecule has 1 aromatic carbocycles. The Morgan fingerprint density at radius 3 is 2.45 bits per heavy atom. The van der Waals surface area contributed by atoms with E-state index in [1.165, 1.54) is 11.0 Å². The summed E-state index contributed by atoms with van der Waals surface area (Å²) in [5.74, 6) is 0.127. The number of nitrogens with two attached hydrogens (primary N) is 1. The molecule has 0 saturated carbocycles. The van der Waals surface area contributed by atoms with Gasteiger partial charge in [-0.1, -0.05) is 12.1 Å². The van der Waals surface area contributed by atoms with E-state index in [0.717, 1.165) is 12.8 Å². The Bertz CT molecular complexity index is 1110. The minimum Gasteiger partial charge on any atom is -0.492 e. The highest BCUT2D eigenvalue weighted by atomic mass is 19.1. The molecule has 206 valence electrons. The van der Waals surface area contributed by atoms with E-state index in [9.17, 15) is 18.4 Å². The summed E-state index contributed by atoms with van der Waals surface area (Å²) in [4.78, 5) is 32.0. The maximum Gasteiger partial charge on any atom is 0.410 e. The monoisotopic (exact) mass is 530 g/mol. The van der Waals surface area contributed by atoms with Crippen molar-refractivity contribution in [2.45, 2.75) is 57.8 Å². The Balaban J connectivity index is 1.26. The predicted molar refractivity (Wildman–Crippen MR) is 139 cm³/mol. The average Bonchev–Trinajstić information content (AvgIpc) is 3.34. The van der Waals surface area contributed by atoms with Crippen LogP contribution in [0.4, 0.5) is 13.6 Å². The van der Waals surface area contributed by atoms with Gasteiger partial charge in [0.25, 0.3) is 0 Å². The quantitative estimate of drug-likeness (QED) is 0.555. The summed E-state index contributed by atoms with van der Waals surface area (Å²) >= 11 is 0. The molecule has 0 radical (unpaired) electrons. The van der Waals surface area contributed by atoms with Gasteiger partial charge in [0.15, 0.2) is 0 Å². The van der Waals surface area contributed by atoms with Gasteiger partial charge in [0.05, 0.1) is 37.2 Å². The number of aromatic nitrogens is 1. The Morgan fingerprint density at radius 1 is 1.11 bits per heavy atom. The molecule has 2 aliphatic rings. The molecule has 3 heterocycles. The minimum absolute atomic E-state index is 0.0381. The number of nitrogens with zero attached hydrogens (tertiary/aromatic N) is 3. The summed E-state index contributed by atoms with van der Waals surface area (Å²) in [7, 11) is 0. The van der Waals surface area contributed by atoms with Crippen LogP contribution >= 0.6 is 0 Å². The molecule has 2 fully saturated rings. The molecule has 4 rings (SSSR count). The standard InChI is InChI=1S/C28H36F2N4O4/c1-18(2)38-28(36)33-10-7-19(8-11-33)17-37-23-5-6-26(32-15-23)21-4-3-20(24(30)13-21)14-25(31)27(35)34-12-9-22(29)16-34/h3-6,13,15,18-19,22,25H,7-12,14,16-17,31H2,1-2H3/t22-,25-/m0/s1. The van der Waals surface area contributed by atoms with Crippen LogP contribution in [0.5, 0.6) is 5.75 Å². The fourth-order valence-electron chi connectivity index (χ4n) is 4.76. The van der Waals surface area contributed by atoms with Crippen molar-refractivity contribution in [1.29, 1.82) is 0 Å². The lowest BCUT2D eigenvalue weighted by Crippen LogP contribution is -2.44. The zero-order valence-electron chi connectivity index (χ0n) is 21.9. The summed E-state index contributed by atoms with van der Waals surface area (Å²) in [6.07, 6.45) is 2.23. The third-order valence-electron chi connectivity index (χ3n) is 6.98. The van der Waals surface area contributed by atoms with Crippen LogP contribution in [0.2, 0.25) is 0 Å². The molecule has 0 unspecified atom stereocenters. The van der Waals surface area contributed by atoms with Crippen molar-refractivity contribution in [3.05, 3.63) is 47.9 Å². The van der Waals surface area contributed by atoms with Crippen molar-refractivity contribution in [2.24, 2.45) is 11.7 Å². The van der Waals surface area contributed by atoms with Crippen LogP contribution in [0, 0.1) is 11.7 Å². The predicted octanol–water partition coefficient (Wildman–Crippen LogP) is 3.96. The molecular weight excluding hydrogens is 494 g/mol. The van der Waals surface area contributed by atoms with Gasteiger partial charge in [0.2, 0.25) is 5.91 Å². The van der Waals surface area contributed by atoms with Gasteiger partial charge in [-0.05, 0) is 69.2 Å². The number of ether oxygens (including phenoxy) is 2.